The van der Waals surface area contributed by atoms with Gasteiger partial charge in [-0.1, -0.05) is 42.8 Å². The number of unbranched alkanes of at least 4 members (excludes halogenated alkanes) is 3. The average molecular weight is 308 g/mol. The first-order chi connectivity index (χ1) is 11.4. The number of methoxy groups -OCH3 is 1. The van der Waals surface area contributed by atoms with Crippen molar-refractivity contribution in [1.29, 1.82) is 0 Å². The summed E-state index contributed by atoms with van der Waals surface area (Å²) in [5.41, 5.74) is 2.59. The third kappa shape index (κ3) is 4.23. The summed E-state index contributed by atoms with van der Waals surface area (Å²) in [6.07, 6.45) is 11.0. The van der Waals surface area contributed by atoms with Gasteiger partial charge >= 0.3 is 0 Å². The molecule has 2 aromatic carbocycles. The van der Waals surface area contributed by atoms with Crippen LogP contribution in [-0.2, 0) is 4.74 Å². The van der Waals surface area contributed by atoms with Crippen LogP contribution in [0, 0.1) is 0 Å². The van der Waals surface area contributed by atoms with Gasteiger partial charge in [-0.15, -0.1) is 0 Å². The maximum atomic E-state index is 5.88. The second-order valence-electron chi connectivity index (χ2n) is 5.96. The molecule has 0 N–H and O–H groups in total. The van der Waals surface area contributed by atoms with Gasteiger partial charge in [0.05, 0.1) is 6.61 Å². The molecule has 0 aromatic heterocycles. The van der Waals surface area contributed by atoms with Crippen molar-refractivity contribution in [3.63, 3.8) is 0 Å². The van der Waals surface area contributed by atoms with E-state index in [4.69, 9.17) is 9.47 Å². The van der Waals surface area contributed by atoms with Crippen molar-refractivity contribution < 1.29 is 9.47 Å². The first kappa shape index (κ1) is 15.8. The lowest BCUT2D eigenvalue weighted by atomic mass is 9.97. The van der Waals surface area contributed by atoms with Crippen LogP contribution in [0.3, 0.4) is 0 Å². The van der Waals surface area contributed by atoms with Gasteiger partial charge in [0.1, 0.15) is 5.75 Å². The van der Waals surface area contributed by atoms with Crippen molar-refractivity contribution in [2.75, 3.05) is 20.3 Å². The first-order valence-corrected chi connectivity index (χ1v) is 8.41. The summed E-state index contributed by atoms with van der Waals surface area (Å²) in [7, 11) is 1.76. The molecule has 0 unspecified atom stereocenters. The zero-order valence-electron chi connectivity index (χ0n) is 13.8. The van der Waals surface area contributed by atoms with Gasteiger partial charge in [-0.2, -0.15) is 0 Å². The zero-order valence-corrected chi connectivity index (χ0v) is 13.8. The van der Waals surface area contributed by atoms with Crippen LogP contribution >= 0.6 is 0 Å². The van der Waals surface area contributed by atoms with E-state index in [1.807, 2.05) is 0 Å². The van der Waals surface area contributed by atoms with Gasteiger partial charge in [-0.25, -0.2) is 0 Å². The highest BCUT2D eigenvalue weighted by Gasteiger charge is 2.04. The quantitative estimate of drug-likeness (QED) is 0.579. The van der Waals surface area contributed by atoms with Crippen LogP contribution in [0.15, 0.2) is 54.6 Å². The fourth-order valence-electron chi connectivity index (χ4n) is 2.77. The molecule has 1 aliphatic carbocycles. The average Bonchev–Trinajstić information content (AvgIpc) is 2.52. The summed E-state index contributed by atoms with van der Waals surface area (Å²) in [5.74, 6) is 0.963. The van der Waals surface area contributed by atoms with Crippen LogP contribution in [0.5, 0.6) is 5.75 Å². The van der Waals surface area contributed by atoms with E-state index in [9.17, 15) is 0 Å². The monoisotopic (exact) mass is 308 g/mol. The predicted molar refractivity (Wildman–Crippen MR) is 96.9 cm³/mol. The summed E-state index contributed by atoms with van der Waals surface area (Å²) < 4.78 is 10.9. The van der Waals surface area contributed by atoms with Crippen molar-refractivity contribution in [3.05, 3.63) is 60.2 Å². The molecule has 2 heteroatoms. The van der Waals surface area contributed by atoms with Crippen molar-refractivity contribution in [2.45, 2.75) is 25.7 Å². The molecule has 120 valence electrons. The van der Waals surface area contributed by atoms with E-state index < -0.39 is 0 Å². The Morgan fingerprint density at radius 2 is 1.57 bits per heavy atom. The van der Waals surface area contributed by atoms with E-state index in [2.05, 4.69) is 54.6 Å². The lowest BCUT2D eigenvalue weighted by Crippen LogP contribution is -1.98. The largest absolute Gasteiger partial charge is 0.494 e. The standard InChI is InChI=1S/C21H24O2/c1-22-13-4-2-3-5-14-23-21-12-11-19-15-18(17-7-6-8-17)9-10-20(19)16-21/h6-12,15-16H,2-5,13-14H2,1H3. The minimum absolute atomic E-state index is 0.786. The Kier molecular flexibility index (Phi) is 5.49. The molecule has 2 nitrogen and oxygen atoms in total. The number of allylic oxidation sites excluding steroid dienone is 4. The summed E-state index contributed by atoms with van der Waals surface area (Å²) in [5, 5.41) is 2.49. The molecule has 0 bridgehead atoms. The van der Waals surface area contributed by atoms with Gasteiger partial charge in [0.2, 0.25) is 0 Å². The molecule has 1 aliphatic rings. The van der Waals surface area contributed by atoms with Crippen LogP contribution in [0.2, 0.25) is 0 Å². The Labute approximate surface area is 138 Å². The van der Waals surface area contributed by atoms with Gasteiger partial charge in [0.15, 0.2) is 0 Å². The van der Waals surface area contributed by atoms with E-state index in [0.717, 1.165) is 31.8 Å². The molecule has 0 saturated carbocycles. The maximum absolute atomic E-state index is 5.88. The fraction of sp³-hybridized carbons (Fsp3) is 0.333. The lowest BCUT2D eigenvalue weighted by molar-refractivity contribution is 0.191. The van der Waals surface area contributed by atoms with Crippen LogP contribution in [0.1, 0.15) is 31.2 Å². The van der Waals surface area contributed by atoms with Crippen molar-refractivity contribution in [3.8, 4) is 5.75 Å². The normalized spacial score (nSPS) is 13.0. The van der Waals surface area contributed by atoms with Gasteiger partial charge in [-0.3, -0.25) is 0 Å². The highest BCUT2D eigenvalue weighted by Crippen LogP contribution is 2.27. The van der Waals surface area contributed by atoms with Crippen LogP contribution in [0.25, 0.3) is 16.3 Å². The minimum Gasteiger partial charge on any atom is -0.494 e. The smallest absolute Gasteiger partial charge is 0.119 e. The Balaban J connectivity index is 1.51. The maximum Gasteiger partial charge on any atom is 0.119 e. The Morgan fingerprint density at radius 3 is 2.30 bits per heavy atom. The summed E-state index contributed by atoms with van der Waals surface area (Å²) in [6.45, 7) is 1.65. The first-order valence-electron chi connectivity index (χ1n) is 8.41. The predicted octanol–water partition coefficient (Wildman–Crippen LogP) is 5.38. The number of ether oxygens (including phenoxy) is 2. The molecule has 0 aliphatic heterocycles. The fourth-order valence-corrected chi connectivity index (χ4v) is 2.77. The van der Waals surface area contributed by atoms with E-state index in [1.54, 1.807) is 7.11 Å². The number of rotatable bonds is 9. The number of hydrogen-bond donors (Lipinski definition) is 0. The second kappa shape index (κ2) is 7.98. The SMILES string of the molecule is COCCCCCCOc1ccc2cc(C3=CC=C3)ccc2c1. The highest BCUT2D eigenvalue weighted by molar-refractivity contribution is 5.90. The molecule has 0 atom stereocenters. The Bertz CT molecular complexity index is 713. The molecule has 0 spiro atoms. The van der Waals surface area contributed by atoms with Crippen LogP contribution in [0.4, 0.5) is 0 Å². The van der Waals surface area contributed by atoms with E-state index in [1.165, 1.54) is 34.8 Å². The Hall–Kier alpha value is -2.06. The van der Waals surface area contributed by atoms with Crippen molar-refractivity contribution in [2.24, 2.45) is 0 Å². The molecule has 0 radical (unpaired) electrons. The van der Waals surface area contributed by atoms with Gasteiger partial charge < -0.3 is 9.47 Å². The highest BCUT2D eigenvalue weighted by atomic mass is 16.5. The number of benzene rings is 2. The Morgan fingerprint density at radius 1 is 0.826 bits per heavy atom. The van der Waals surface area contributed by atoms with Gasteiger partial charge in [0, 0.05) is 13.7 Å². The molecular formula is C21H24O2. The van der Waals surface area contributed by atoms with Crippen LogP contribution < -0.4 is 4.74 Å². The van der Waals surface area contributed by atoms with Crippen molar-refractivity contribution in [1.82, 2.24) is 0 Å². The third-order valence-corrected chi connectivity index (χ3v) is 4.21. The van der Waals surface area contributed by atoms with E-state index in [0.29, 0.717) is 0 Å². The topological polar surface area (TPSA) is 18.5 Å². The molecule has 23 heavy (non-hydrogen) atoms. The van der Waals surface area contributed by atoms with E-state index >= 15 is 0 Å². The molecule has 2 aromatic rings. The molecule has 0 heterocycles. The third-order valence-electron chi connectivity index (χ3n) is 4.21. The summed E-state index contributed by atoms with van der Waals surface area (Å²) in [6, 6.07) is 12.9. The molecule has 3 rings (SSSR count). The molecule has 0 amide bonds. The van der Waals surface area contributed by atoms with Crippen LogP contribution in [-0.4, -0.2) is 20.3 Å². The lowest BCUT2D eigenvalue weighted by Gasteiger charge is -2.10. The zero-order chi connectivity index (χ0) is 15.9. The van der Waals surface area contributed by atoms with Gasteiger partial charge in [0.25, 0.3) is 0 Å². The second-order valence-corrected chi connectivity index (χ2v) is 5.96. The summed E-state index contributed by atoms with van der Waals surface area (Å²) >= 11 is 0. The summed E-state index contributed by atoms with van der Waals surface area (Å²) in [4.78, 5) is 0. The number of fused-ring (bicyclic) bond motifs is 1. The molecule has 0 fully saturated rings. The molecular weight excluding hydrogens is 284 g/mol. The molecule has 0 saturated heterocycles. The van der Waals surface area contributed by atoms with Gasteiger partial charge in [-0.05, 0) is 59.4 Å². The number of hydrogen-bond acceptors (Lipinski definition) is 2. The van der Waals surface area contributed by atoms with E-state index in [-0.39, 0.29) is 0 Å². The van der Waals surface area contributed by atoms with Crippen molar-refractivity contribution >= 4 is 16.3 Å². The minimum atomic E-state index is 0.786.